The van der Waals surface area contributed by atoms with Crippen molar-refractivity contribution in [1.29, 1.82) is 0 Å². The van der Waals surface area contributed by atoms with Gasteiger partial charge in [0.05, 0.1) is 10.9 Å². The van der Waals surface area contributed by atoms with Gasteiger partial charge < -0.3 is 10.6 Å². The van der Waals surface area contributed by atoms with Gasteiger partial charge in [-0.25, -0.2) is 4.79 Å². The molecule has 0 radical (unpaired) electrons. The van der Waals surface area contributed by atoms with Gasteiger partial charge in [0.15, 0.2) is 5.82 Å². The van der Waals surface area contributed by atoms with Crippen molar-refractivity contribution in [1.82, 2.24) is 24.6 Å². The summed E-state index contributed by atoms with van der Waals surface area (Å²) in [6.07, 6.45) is 1.16. The lowest BCUT2D eigenvalue weighted by Crippen LogP contribution is -2.41. The molecule has 0 bridgehead atoms. The van der Waals surface area contributed by atoms with Gasteiger partial charge in [0.25, 0.3) is 5.56 Å². The second-order valence-corrected chi connectivity index (χ2v) is 9.06. The summed E-state index contributed by atoms with van der Waals surface area (Å²) in [6, 6.07) is 15.6. The number of hydrogen-bond donors (Lipinski definition) is 3. The molecule has 0 saturated carbocycles. The number of fused-ring (bicyclic) bond motifs is 1. The van der Waals surface area contributed by atoms with Crippen molar-refractivity contribution in [3.63, 3.8) is 0 Å². The van der Waals surface area contributed by atoms with Gasteiger partial charge in [0.2, 0.25) is 11.8 Å². The number of amides is 2. The second-order valence-electron chi connectivity index (χ2n) is 8.65. The van der Waals surface area contributed by atoms with Crippen molar-refractivity contribution in [3.8, 4) is 0 Å². The summed E-state index contributed by atoms with van der Waals surface area (Å²) in [4.78, 5) is 51.2. The van der Waals surface area contributed by atoms with Crippen molar-refractivity contribution in [2.45, 2.75) is 45.8 Å². The van der Waals surface area contributed by atoms with Crippen LogP contribution in [0.15, 0.2) is 64.2 Å². The van der Waals surface area contributed by atoms with Crippen LogP contribution in [0.5, 0.6) is 0 Å². The van der Waals surface area contributed by atoms with Gasteiger partial charge in [0.1, 0.15) is 6.54 Å². The Labute approximate surface area is 217 Å². The average molecular weight is 523 g/mol. The maximum Gasteiger partial charge on any atom is 0.331 e. The molecule has 0 aliphatic rings. The van der Waals surface area contributed by atoms with Crippen LogP contribution >= 0.6 is 11.6 Å². The minimum absolute atomic E-state index is 0.125. The van der Waals surface area contributed by atoms with E-state index in [9.17, 15) is 19.2 Å². The fourth-order valence-corrected chi connectivity index (χ4v) is 4.21. The van der Waals surface area contributed by atoms with Gasteiger partial charge >= 0.3 is 5.69 Å². The molecule has 2 amide bonds. The topological polar surface area (TPSA) is 131 Å². The highest BCUT2D eigenvalue weighted by Crippen LogP contribution is 2.14. The quantitative estimate of drug-likeness (QED) is 0.276. The van der Waals surface area contributed by atoms with Crippen molar-refractivity contribution in [2.24, 2.45) is 0 Å². The van der Waals surface area contributed by atoms with E-state index in [1.54, 1.807) is 43.3 Å². The van der Waals surface area contributed by atoms with E-state index in [4.69, 9.17) is 11.6 Å². The molecule has 0 atom stereocenters. The lowest BCUT2D eigenvalue weighted by atomic mass is 10.2. The lowest BCUT2D eigenvalue weighted by molar-refractivity contribution is -0.121. The number of nitrogens with zero attached hydrogens (tertiary/aromatic N) is 3. The minimum Gasteiger partial charge on any atom is -0.352 e. The van der Waals surface area contributed by atoms with Gasteiger partial charge in [-0.15, -0.1) is 0 Å². The van der Waals surface area contributed by atoms with Gasteiger partial charge in [-0.3, -0.25) is 28.6 Å². The number of aryl methyl sites for hydroxylation is 1. The standard InChI is InChI=1S/C26H27ClN6O4/c1-17-14-22(31-30-17)29-24(35)16-33-21-11-5-3-9-19(21)25(36)32(26(33)37)13-7-6-12-23(34)28-15-18-8-2-4-10-20(18)27/h2-5,8-11,14H,6-7,12-13,15-16H2,1H3,(H,28,34)(H2,29,30,31,35). The number of nitrogens with one attached hydrogen (secondary N) is 3. The number of carbonyl (C=O) groups excluding carboxylic acids is 2. The number of para-hydroxylation sites is 1. The molecule has 0 unspecified atom stereocenters. The zero-order chi connectivity index (χ0) is 26.4. The summed E-state index contributed by atoms with van der Waals surface area (Å²) in [5, 5.41) is 13.1. The lowest BCUT2D eigenvalue weighted by Gasteiger charge is -2.14. The van der Waals surface area contributed by atoms with Crippen LogP contribution in [0.25, 0.3) is 10.9 Å². The van der Waals surface area contributed by atoms with Crippen molar-refractivity contribution in [3.05, 3.63) is 91.7 Å². The highest BCUT2D eigenvalue weighted by molar-refractivity contribution is 6.31. The molecule has 0 spiro atoms. The Kier molecular flexibility index (Phi) is 8.19. The fraction of sp³-hybridized carbons (Fsp3) is 0.269. The Morgan fingerprint density at radius 1 is 1.00 bits per heavy atom. The Hall–Kier alpha value is -4.18. The summed E-state index contributed by atoms with van der Waals surface area (Å²) >= 11 is 6.11. The van der Waals surface area contributed by atoms with Gasteiger partial charge in [0, 0.05) is 36.3 Å². The van der Waals surface area contributed by atoms with Crippen LogP contribution < -0.4 is 21.9 Å². The fourth-order valence-electron chi connectivity index (χ4n) is 4.01. The third-order valence-electron chi connectivity index (χ3n) is 5.88. The summed E-state index contributed by atoms with van der Waals surface area (Å²) in [5.41, 5.74) is 0.973. The molecule has 4 rings (SSSR count). The molecule has 2 aromatic carbocycles. The first-order chi connectivity index (χ1) is 17.8. The van der Waals surface area contributed by atoms with Gasteiger partial charge in [-0.1, -0.05) is 41.9 Å². The number of carbonyl (C=O) groups is 2. The van der Waals surface area contributed by atoms with Crippen molar-refractivity contribution < 1.29 is 9.59 Å². The van der Waals surface area contributed by atoms with Gasteiger partial charge in [-0.2, -0.15) is 5.10 Å². The number of H-pyrrole nitrogens is 1. The normalized spacial score (nSPS) is 11.0. The Morgan fingerprint density at radius 3 is 2.51 bits per heavy atom. The summed E-state index contributed by atoms with van der Waals surface area (Å²) in [6.45, 7) is 1.97. The molecule has 37 heavy (non-hydrogen) atoms. The van der Waals surface area contributed by atoms with Crippen LogP contribution in [0.1, 0.15) is 30.5 Å². The highest BCUT2D eigenvalue weighted by Gasteiger charge is 2.16. The number of aromatic amines is 1. The first-order valence-electron chi connectivity index (χ1n) is 11.9. The van der Waals surface area contributed by atoms with E-state index in [0.717, 1.165) is 15.8 Å². The molecule has 0 aliphatic heterocycles. The molecule has 0 saturated heterocycles. The largest absolute Gasteiger partial charge is 0.352 e. The average Bonchev–Trinajstić information content (AvgIpc) is 3.29. The Morgan fingerprint density at radius 2 is 1.76 bits per heavy atom. The van der Waals surface area contributed by atoms with Crippen molar-refractivity contribution in [2.75, 3.05) is 5.32 Å². The number of aromatic nitrogens is 4. The van der Waals surface area contributed by atoms with Gasteiger partial charge in [-0.05, 0) is 43.5 Å². The summed E-state index contributed by atoms with van der Waals surface area (Å²) in [7, 11) is 0. The zero-order valence-electron chi connectivity index (χ0n) is 20.3. The molecule has 10 nitrogen and oxygen atoms in total. The first-order valence-corrected chi connectivity index (χ1v) is 12.3. The molecule has 4 aromatic rings. The Balaban J connectivity index is 1.42. The summed E-state index contributed by atoms with van der Waals surface area (Å²) in [5.74, 6) is -0.242. The maximum atomic E-state index is 13.2. The molecule has 11 heteroatoms. The zero-order valence-corrected chi connectivity index (χ0v) is 21.0. The molecular formula is C26H27ClN6O4. The van der Waals surface area contributed by atoms with Crippen LogP contribution in [-0.4, -0.2) is 31.1 Å². The predicted molar refractivity (Wildman–Crippen MR) is 142 cm³/mol. The number of unbranched alkanes of at least 4 members (excludes halogenated alkanes) is 1. The molecular weight excluding hydrogens is 496 g/mol. The van der Waals surface area contributed by atoms with E-state index in [1.165, 1.54) is 4.57 Å². The van der Waals surface area contributed by atoms with E-state index in [2.05, 4.69) is 20.8 Å². The van der Waals surface area contributed by atoms with E-state index < -0.39 is 17.2 Å². The third kappa shape index (κ3) is 6.34. The molecule has 3 N–H and O–H groups in total. The SMILES string of the molecule is Cc1cc(NC(=O)Cn2c(=O)n(CCCCC(=O)NCc3ccccc3Cl)c(=O)c3ccccc32)n[nH]1. The van der Waals surface area contributed by atoms with Crippen LogP contribution in [0, 0.1) is 6.92 Å². The van der Waals surface area contributed by atoms with E-state index in [-0.39, 0.29) is 25.4 Å². The van der Waals surface area contributed by atoms with Crippen LogP contribution in [0.2, 0.25) is 5.02 Å². The molecule has 0 fully saturated rings. The highest BCUT2D eigenvalue weighted by atomic mass is 35.5. The second kappa shape index (κ2) is 11.7. The van der Waals surface area contributed by atoms with Crippen LogP contribution in [0.3, 0.4) is 0 Å². The van der Waals surface area contributed by atoms with Crippen LogP contribution in [-0.2, 0) is 29.2 Å². The smallest absolute Gasteiger partial charge is 0.331 e. The Bertz CT molecular complexity index is 1550. The number of halogens is 1. The monoisotopic (exact) mass is 522 g/mol. The minimum atomic E-state index is -0.583. The molecule has 2 aromatic heterocycles. The number of rotatable bonds is 10. The first kappa shape index (κ1) is 25.9. The number of benzene rings is 2. The van der Waals surface area contributed by atoms with E-state index in [0.29, 0.717) is 41.1 Å². The number of hydrogen-bond acceptors (Lipinski definition) is 5. The predicted octanol–water partition coefficient (Wildman–Crippen LogP) is 2.97. The number of anilines is 1. The maximum absolute atomic E-state index is 13.2. The van der Waals surface area contributed by atoms with Crippen molar-refractivity contribution >= 4 is 40.1 Å². The van der Waals surface area contributed by atoms with Crippen LogP contribution in [0.4, 0.5) is 5.82 Å². The molecule has 2 heterocycles. The third-order valence-corrected chi connectivity index (χ3v) is 6.25. The molecule has 192 valence electrons. The van der Waals surface area contributed by atoms with E-state index in [1.807, 2.05) is 18.2 Å². The molecule has 0 aliphatic carbocycles. The van der Waals surface area contributed by atoms with E-state index >= 15 is 0 Å². The summed E-state index contributed by atoms with van der Waals surface area (Å²) < 4.78 is 2.40.